The summed E-state index contributed by atoms with van der Waals surface area (Å²) in [6.07, 6.45) is 1.20. The molecule has 0 spiro atoms. The van der Waals surface area contributed by atoms with E-state index in [9.17, 15) is 15.0 Å². The first-order valence-corrected chi connectivity index (χ1v) is 5.35. The molecule has 1 aromatic carbocycles. The number of phenolic OH excluding ortho intramolecular Hbond substituents is 1. The van der Waals surface area contributed by atoms with Gasteiger partial charge in [-0.3, -0.25) is 0 Å². The lowest BCUT2D eigenvalue weighted by Crippen LogP contribution is -2.40. The van der Waals surface area contributed by atoms with Gasteiger partial charge in [0.25, 0.3) is 0 Å². The highest BCUT2D eigenvalue weighted by molar-refractivity contribution is 5.77. The van der Waals surface area contributed by atoms with Crippen molar-refractivity contribution in [2.24, 2.45) is 0 Å². The van der Waals surface area contributed by atoms with Gasteiger partial charge in [0.15, 0.2) is 17.1 Å². The second-order valence-electron chi connectivity index (χ2n) is 4.01. The number of carbonyl (C=O) groups is 1. The third kappa shape index (κ3) is 3.01. The summed E-state index contributed by atoms with van der Waals surface area (Å²) in [5.74, 6) is -1.11. The molecule has 1 rings (SSSR count). The minimum atomic E-state index is -1.90. The number of methoxy groups -OCH3 is 1. The summed E-state index contributed by atoms with van der Waals surface area (Å²) in [5, 5.41) is 28.5. The van der Waals surface area contributed by atoms with E-state index in [1.807, 2.05) is 0 Å². The fourth-order valence-electron chi connectivity index (χ4n) is 1.64. The monoisotopic (exact) mass is 252 g/mol. The Bertz CT molecular complexity index is 455. The fourth-order valence-corrected chi connectivity index (χ4v) is 1.64. The molecule has 0 aliphatic rings. The highest BCUT2D eigenvalue weighted by Crippen LogP contribution is 2.28. The van der Waals surface area contributed by atoms with Gasteiger partial charge in [0, 0.05) is 12.8 Å². The molecule has 0 fully saturated rings. The summed E-state index contributed by atoms with van der Waals surface area (Å²) in [6, 6.07) is 4.42. The standard InChI is InChI=1S/C13H16O5/c1-3-6-13(17,12(15)16)8-9-4-5-10(14)11(7-9)18-2/h3-5,7,14,17H,1,6,8H2,2H3,(H,15,16). The highest BCUT2D eigenvalue weighted by Gasteiger charge is 2.34. The third-order valence-electron chi connectivity index (χ3n) is 2.62. The normalized spacial score (nSPS) is 13.7. The van der Waals surface area contributed by atoms with Crippen molar-refractivity contribution >= 4 is 5.97 Å². The Balaban J connectivity index is 3.01. The minimum Gasteiger partial charge on any atom is -0.504 e. The van der Waals surface area contributed by atoms with E-state index in [0.717, 1.165) is 0 Å². The van der Waals surface area contributed by atoms with Crippen LogP contribution in [0, 0.1) is 0 Å². The number of hydrogen-bond acceptors (Lipinski definition) is 4. The summed E-state index contributed by atoms with van der Waals surface area (Å²) >= 11 is 0. The molecule has 0 aromatic heterocycles. The molecule has 0 amide bonds. The van der Waals surface area contributed by atoms with Gasteiger partial charge < -0.3 is 20.1 Å². The Labute approximate surface area is 105 Å². The van der Waals surface area contributed by atoms with E-state index < -0.39 is 11.6 Å². The zero-order valence-corrected chi connectivity index (χ0v) is 10.1. The zero-order chi connectivity index (χ0) is 13.8. The van der Waals surface area contributed by atoms with E-state index in [1.165, 1.54) is 31.4 Å². The van der Waals surface area contributed by atoms with Crippen LogP contribution >= 0.6 is 0 Å². The van der Waals surface area contributed by atoms with Crippen molar-refractivity contribution in [3.63, 3.8) is 0 Å². The molecule has 0 heterocycles. The maximum absolute atomic E-state index is 11.1. The van der Waals surface area contributed by atoms with Crippen LogP contribution < -0.4 is 4.74 Å². The van der Waals surface area contributed by atoms with Gasteiger partial charge in [-0.2, -0.15) is 0 Å². The van der Waals surface area contributed by atoms with Crippen molar-refractivity contribution in [3.05, 3.63) is 36.4 Å². The fraction of sp³-hybridized carbons (Fsp3) is 0.308. The van der Waals surface area contributed by atoms with Crippen LogP contribution in [0.5, 0.6) is 11.5 Å². The predicted octanol–water partition coefficient (Wildman–Crippen LogP) is 1.34. The molecule has 0 saturated heterocycles. The second-order valence-corrected chi connectivity index (χ2v) is 4.01. The number of carboxylic acids is 1. The number of aliphatic hydroxyl groups is 1. The van der Waals surface area contributed by atoms with E-state index in [-0.39, 0.29) is 24.3 Å². The van der Waals surface area contributed by atoms with E-state index >= 15 is 0 Å². The summed E-state index contributed by atoms with van der Waals surface area (Å²) < 4.78 is 4.92. The molecule has 0 bridgehead atoms. The van der Waals surface area contributed by atoms with Gasteiger partial charge in [-0.1, -0.05) is 12.1 Å². The van der Waals surface area contributed by atoms with Crippen molar-refractivity contribution < 1.29 is 24.9 Å². The first-order valence-electron chi connectivity index (χ1n) is 5.35. The Morgan fingerprint density at radius 3 is 2.72 bits per heavy atom. The molecular weight excluding hydrogens is 236 g/mol. The quantitative estimate of drug-likeness (QED) is 0.665. The molecule has 5 nitrogen and oxygen atoms in total. The SMILES string of the molecule is C=CCC(O)(Cc1ccc(O)c(OC)c1)C(=O)O. The van der Waals surface area contributed by atoms with Crippen LogP contribution in [0.1, 0.15) is 12.0 Å². The van der Waals surface area contributed by atoms with Gasteiger partial charge in [0.1, 0.15) is 0 Å². The van der Waals surface area contributed by atoms with Gasteiger partial charge >= 0.3 is 5.97 Å². The molecule has 0 aliphatic heterocycles. The summed E-state index contributed by atoms with van der Waals surface area (Å²) in [7, 11) is 1.39. The lowest BCUT2D eigenvalue weighted by atomic mass is 9.91. The van der Waals surface area contributed by atoms with Crippen molar-refractivity contribution in [2.75, 3.05) is 7.11 Å². The number of carboxylic acid groups (broad SMARTS) is 1. The third-order valence-corrected chi connectivity index (χ3v) is 2.62. The average Bonchev–Trinajstić information content (AvgIpc) is 2.31. The van der Waals surface area contributed by atoms with Crippen LogP contribution in [0.4, 0.5) is 0 Å². The van der Waals surface area contributed by atoms with Crippen LogP contribution in [0.3, 0.4) is 0 Å². The van der Waals surface area contributed by atoms with Crippen LogP contribution in [0.15, 0.2) is 30.9 Å². The first-order chi connectivity index (χ1) is 8.42. The molecule has 5 heteroatoms. The lowest BCUT2D eigenvalue weighted by Gasteiger charge is -2.22. The summed E-state index contributed by atoms with van der Waals surface area (Å²) in [4.78, 5) is 11.1. The molecule has 0 aliphatic carbocycles. The molecule has 0 radical (unpaired) electrons. The van der Waals surface area contributed by atoms with Gasteiger partial charge in [-0.05, 0) is 17.7 Å². The number of aromatic hydroxyl groups is 1. The highest BCUT2D eigenvalue weighted by atomic mass is 16.5. The molecule has 1 atom stereocenters. The number of aliphatic carboxylic acids is 1. The zero-order valence-electron chi connectivity index (χ0n) is 10.1. The van der Waals surface area contributed by atoms with Crippen LogP contribution in [0.2, 0.25) is 0 Å². The van der Waals surface area contributed by atoms with E-state index in [1.54, 1.807) is 0 Å². The van der Waals surface area contributed by atoms with Crippen molar-refractivity contribution in [3.8, 4) is 11.5 Å². The van der Waals surface area contributed by atoms with Gasteiger partial charge in [0.2, 0.25) is 0 Å². The summed E-state index contributed by atoms with van der Waals surface area (Å²) in [6.45, 7) is 3.43. The first kappa shape index (κ1) is 14.1. The van der Waals surface area contributed by atoms with E-state index in [4.69, 9.17) is 9.84 Å². The molecule has 18 heavy (non-hydrogen) atoms. The Morgan fingerprint density at radius 1 is 1.56 bits per heavy atom. The molecular formula is C13H16O5. The predicted molar refractivity (Wildman–Crippen MR) is 65.8 cm³/mol. The molecule has 3 N–H and O–H groups in total. The van der Waals surface area contributed by atoms with E-state index in [0.29, 0.717) is 5.56 Å². The van der Waals surface area contributed by atoms with Crippen molar-refractivity contribution in [2.45, 2.75) is 18.4 Å². The average molecular weight is 252 g/mol. The summed E-state index contributed by atoms with van der Waals surface area (Å²) in [5.41, 5.74) is -1.35. The molecule has 1 aromatic rings. The Hall–Kier alpha value is -2.01. The van der Waals surface area contributed by atoms with Crippen LogP contribution in [-0.2, 0) is 11.2 Å². The molecule has 98 valence electrons. The maximum Gasteiger partial charge on any atom is 0.336 e. The van der Waals surface area contributed by atoms with Crippen LogP contribution in [0.25, 0.3) is 0 Å². The topological polar surface area (TPSA) is 87.0 Å². The Kier molecular flexibility index (Phi) is 4.33. The van der Waals surface area contributed by atoms with Gasteiger partial charge in [0.05, 0.1) is 7.11 Å². The number of ether oxygens (including phenoxy) is 1. The van der Waals surface area contributed by atoms with Gasteiger partial charge in [-0.15, -0.1) is 6.58 Å². The number of phenols is 1. The van der Waals surface area contributed by atoms with Crippen molar-refractivity contribution in [1.82, 2.24) is 0 Å². The Morgan fingerprint density at radius 2 is 2.22 bits per heavy atom. The largest absolute Gasteiger partial charge is 0.504 e. The van der Waals surface area contributed by atoms with Gasteiger partial charge in [-0.25, -0.2) is 4.79 Å². The number of benzene rings is 1. The van der Waals surface area contributed by atoms with Crippen LogP contribution in [-0.4, -0.2) is 34.0 Å². The molecule has 1 unspecified atom stereocenters. The molecule has 0 saturated carbocycles. The van der Waals surface area contributed by atoms with E-state index in [2.05, 4.69) is 6.58 Å². The smallest absolute Gasteiger partial charge is 0.336 e. The lowest BCUT2D eigenvalue weighted by molar-refractivity contribution is -0.158. The number of hydrogen-bond donors (Lipinski definition) is 3. The second kappa shape index (κ2) is 5.55. The minimum absolute atomic E-state index is 0.0381. The van der Waals surface area contributed by atoms with Crippen molar-refractivity contribution in [1.29, 1.82) is 0 Å². The maximum atomic E-state index is 11.1. The number of rotatable bonds is 6.